The molecule has 1 fully saturated rings. The fourth-order valence-corrected chi connectivity index (χ4v) is 3.78. The van der Waals surface area contributed by atoms with Gasteiger partial charge < -0.3 is 14.6 Å². The number of carbonyl (C=O) groups is 2. The zero-order chi connectivity index (χ0) is 22.9. The summed E-state index contributed by atoms with van der Waals surface area (Å²) in [5.74, 6) is -0.385. The van der Waals surface area contributed by atoms with E-state index in [4.69, 9.17) is 4.42 Å². The molecule has 1 atom stereocenters. The first-order chi connectivity index (χ1) is 15.3. The molecule has 1 N–H and O–H groups in total. The van der Waals surface area contributed by atoms with Gasteiger partial charge in [0, 0.05) is 13.0 Å². The molecule has 3 heterocycles. The third kappa shape index (κ3) is 4.39. The Labute approximate surface area is 181 Å². The van der Waals surface area contributed by atoms with Gasteiger partial charge in [0.1, 0.15) is 5.76 Å². The molecule has 2 aromatic heterocycles. The maximum Gasteiger partial charge on any atom is 0.416 e. The molecular formula is C22H21F3N4O3. The van der Waals surface area contributed by atoms with Crippen LogP contribution in [-0.4, -0.2) is 33.0 Å². The van der Waals surface area contributed by atoms with E-state index >= 15 is 0 Å². The van der Waals surface area contributed by atoms with Crippen LogP contribution < -0.4 is 5.32 Å². The number of anilines is 1. The first-order valence-corrected chi connectivity index (χ1v) is 10.1. The maximum atomic E-state index is 13.1. The Bertz CT molecular complexity index is 1120. The van der Waals surface area contributed by atoms with Gasteiger partial charge in [0.25, 0.3) is 0 Å². The molecule has 1 aliphatic rings. The number of alkyl halides is 3. The number of nitrogens with zero attached hydrogens (tertiary/aromatic N) is 3. The first kappa shape index (κ1) is 21.7. The van der Waals surface area contributed by atoms with Crippen LogP contribution in [0, 0.1) is 5.92 Å². The lowest BCUT2D eigenvalue weighted by Gasteiger charge is -2.15. The number of halogens is 3. The minimum absolute atomic E-state index is 0.0791. The van der Waals surface area contributed by atoms with E-state index in [2.05, 4.69) is 10.4 Å². The molecule has 1 aliphatic heterocycles. The van der Waals surface area contributed by atoms with Gasteiger partial charge in [-0.25, -0.2) is 4.68 Å². The molecule has 1 unspecified atom stereocenters. The molecule has 168 valence electrons. The zero-order valence-corrected chi connectivity index (χ0v) is 17.2. The molecule has 0 bridgehead atoms. The van der Waals surface area contributed by atoms with Crippen LogP contribution in [-0.2, 0) is 28.7 Å². The van der Waals surface area contributed by atoms with Crippen LogP contribution >= 0.6 is 0 Å². The number of hydrogen-bond acceptors (Lipinski definition) is 4. The normalized spacial score (nSPS) is 16.6. The quantitative estimate of drug-likeness (QED) is 0.620. The van der Waals surface area contributed by atoms with Gasteiger partial charge in [-0.05, 0) is 36.8 Å². The Hall–Kier alpha value is -3.56. The number of carbonyl (C=O) groups excluding carboxylic acids is 2. The number of furan rings is 1. The maximum absolute atomic E-state index is 13.1. The summed E-state index contributed by atoms with van der Waals surface area (Å²) in [7, 11) is 0. The highest BCUT2D eigenvalue weighted by molar-refractivity contribution is 5.97. The van der Waals surface area contributed by atoms with Crippen LogP contribution in [0.15, 0.2) is 53.3 Å². The molecule has 0 spiro atoms. The summed E-state index contributed by atoms with van der Waals surface area (Å²) in [5.41, 5.74) is 0.443. The van der Waals surface area contributed by atoms with Gasteiger partial charge in [0.2, 0.25) is 11.8 Å². The third-order valence-electron chi connectivity index (χ3n) is 5.39. The smallest absolute Gasteiger partial charge is 0.416 e. The van der Waals surface area contributed by atoms with Crippen molar-refractivity contribution >= 4 is 17.5 Å². The number of hydrogen-bond donors (Lipinski definition) is 1. The predicted molar refractivity (Wildman–Crippen MR) is 109 cm³/mol. The van der Waals surface area contributed by atoms with Gasteiger partial charge in [-0.1, -0.05) is 13.0 Å². The summed E-state index contributed by atoms with van der Waals surface area (Å²) >= 11 is 0. The van der Waals surface area contributed by atoms with Gasteiger partial charge in [0.05, 0.1) is 47.6 Å². The Morgan fingerprint density at radius 3 is 2.78 bits per heavy atom. The number of amides is 2. The fraction of sp³-hybridized carbons (Fsp3) is 0.318. The lowest BCUT2D eigenvalue weighted by atomic mass is 10.1. The van der Waals surface area contributed by atoms with Crippen LogP contribution in [0.25, 0.3) is 5.69 Å². The van der Waals surface area contributed by atoms with Crippen LogP contribution in [0.3, 0.4) is 0 Å². The van der Waals surface area contributed by atoms with Crippen molar-refractivity contribution in [1.29, 1.82) is 0 Å². The standard InChI is InChI=1S/C22H21F3N4O3/c1-2-19-18(11-26-29(19)16-6-3-5-15(10-16)22(23,24)25)27-21(31)14-9-20(30)28(12-14)13-17-7-4-8-32-17/h3-8,10-11,14H,2,9,12-13H2,1H3,(H,27,31). The summed E-state index contributed by atoms with van der Waals surface area (Å²) in [5, 5.41) is 6.98. The molecule has 1 saturated heterocycles. The SMILES string of the molecule is CCc1c(NC(=O)C2CC(=O)N(Cc3ccco3)C2)cnn1-c1cccc(C(F)(F)F)c1. The van der Waals surface area contributed by atoms with Crippen molar-refractivity contribution in [3.05, 3.63) is 65.9 Å². The number of nitrogens with one attached hydrogen (secondary N) is 1. The summed E-state index contributed by atoms with van der Waals surface area (Å²) in [6.45, 7) is 2.37. The molecule has 1 aromatic carbocycles. The number of likely N-dealkylation sites (tertiary alicyclic amines) is 1. The minimum Gasteiger partial charge on any atom is -0.467 e. The predicted octanol–water partition coefficient (Wildman–Crippen LogP) is 4.03. The number of aromatic nitrogens is 2. The molecule has 2 amide bonds. The van der Waals surface area contributed by atoms with Crippen LogP contribution in [0.1, 0.15) is 30.4 Å². The van der Waals surface area contributed by atoms with E-state index in [1.54, 1.807) is 17.0 Å². The highest BCUT2D eigenvalue weighted by atomic mass is 19.4. The minimum atomic E-state index is -4.47. The molecule has 7 nitrogen and oxygen atoms in total. The summed E-state index contributed by atoms with van der Waals surface area (Å²) in [4.78, 5) is 26.7. The Morgan fingerprint density at radius 1 is 1.28 bits per heavy atom. The molecule has 10 heteroatoms. The molecular weight excluding hydrogens is 425 g/mol. The van der Waals surface area contributed by atoms with E-state index in [-0.39, 0.29) is 30.5 Å². The highest BCUT2D eigenvalue weighted by Gasteiger charge is 2.35. The Balaban J connectivity index is 1.49. The molecule has 0 saturated carbocycles. The van der Waals surface area contributed by atoms with Crippen molar-refractivity contribution in [2.45, 2.75) is 32.5 Å². The Morgan fingerprint density at radius 2 is 2.09 bits per heavy atom. The summed E-state index contributed by atoms with van der Waals surface area (Å²) in [6.07, 6.45) is -1.03. The first-order valence-electron chi connectivity index (χ1n) is 10.1. The van der Waals surface area contributed by atoms with Crippen molar-refractivity contribution < 1.29 is 27.2 Å². The monoisotopic (exact) mass is 446 g/mol. The summed E-state index contributed by atoms with van der Waals surface area (Å²) < 4.78 is 45.9. The molecule has 0 aliphatic carbocycles. The third-order valence-corrected chi connectivity index (χ3v) is 5.39. The van der Waals surface area contributed by atoms with Crippen molar-refractivity contribution in [3.63, 3.8) is 0 Å². The van der Waals surface area contributed by atoms with E-state index in [9.17, 15) is 22.8 Å². The van der Waals surface area contributed by atoms with Gasteiger partial charge in [0.15, 0.2) is 0 Å². The second-order valence-electron chi connectivity index (χ2n) is 7.56. The van der Waals surface area contributed by atoms with E-state index in [0.29, 0.717) is 30.1 Å². The average molecular weight is 446 g/mol. The topological polar surface area (TPSA) is 80.4 Å². The number of benzene rings is 1. The largest absolute Gasteiger partial charge is 0.467 e. The van der Waals surface area contributed by atoms with E-state index in [1.807, 2.05) is 6.92 Å². The van der Waals surface area contributed by atoms with E-state index in [0.717, 1.165) is 12.1 Å². The van der Waals surface area contributed by atoms with Crippen LogP contribution in [0.5, 0.6) is 0 Å². The molecule has 3 aromatic rings. The summed E-state index contributed by atoms with van der Waals surface area (Å²) in [6, 6.07) is 8.34. The van der Waals surface area contributed by atoms with Gasteiger partial charge >= 0.3 is 6.18 Å². The van der Waals surface area contributed by atoms with Crippen molar-refractivity contribution in [3.8, 4) is 5.69 Å². The van der Waals surface area contributed by atoms with Gasteiger partial charge in [-0.15, -0.1) is 0 Å². The highest BCUT2D eigenvalue weighted by Crippen LogP contribution is 2.31. The second kappa shape index (κ2) is 8.52. The van der Waals surface area contributed by atoms with Gasteiger partial charge in [-0.3, -0.25) is 9.59 Å². The van der Waals surface area contributed by atoms with E-state index < -0.39 is 17.7 Å². The lowest BCUT2D eigenvalue weighted by molar-refractivity contribution is -0.137. The van der Waals surface area contributed by atoms with Crippen LogP contribution in [0.2, 0.25) is 0 Å². The molecule has 0 radical (unpaired) electrons. The van der Waals surface area contributed by atoms with Gasteiger partial charge in [-0.2, -0.15) is 18.3 Å². The number of rotatable bonds is 6. The van der Waals surface area contributed by atoms with Crippen LogP contribution in [0.4, 0.5) is 18.9 Å². The molecule has 4 rings (SSSR count). The van der Waals surface area contributed by atoms with Crippen molar-refractivity contribution in [2.75, 3.05) is 11.9 Å². The fourth-order valence-electron chi connectivity index (χ4n) is 3.78. The zero-order valence-electron chi connectivity index (χ0n) is 17.2. The Kier molecular flexibility index (Phi) is 5.77. The van der Waals surface area contributed by atoms with Crippen molar-refractivity contribution in [2.24, 2.45) is 5.92 Å². The van der Waals surface area contributed by atoms with Crippen molar-refractivity contribution in [1.82, 2.24) is 14.7 Å². The molecule has 32 heavy (non-hydrogen) atoms. The average Bonchev–Trinajstić information content (AvgIpc) is 3.49. The lowest BCUT2D eigenvalue weighted by Crippen LogP contribution is -2.28. The van der Waals surface area contributed by atoms with E-state index in [1.165, 1.54) is 29.3 Å². The second-order valence-corrected chi connectivity index (χ2v) is 7.56.